The molecule has 3 unspecified atom stereocenters. The van der Waals surface area contributed by atoms with Gasteiger partial charge in [-0.15, -0.1) is 0 Å². The number of ether oxygens (including phenoxy) is 3. The Labute approximate surface area is 266 Å². The molecule has 6 rings (SSSR count). The van der Waals surface area contributed by atoms with E-state index in [9.17, 15) is 14.4 Å². The lowest BCUT2D eigenvalue weighted by Crippen LogP contribution is -2.15. The number of carbonyl (C=O) groups is 3. The normalized spacial score (nSPS) is 19.7. The molecule has 0 bridgehead atoms. The van der Waals surface area contributed by atoms with E-state index in [-0.39, 0.29) is 41.6 Å². The first-order chi connectivity index (χ1) is 21.7. The Morgan fingerprint density at radius 2 is 1.07 bits per heavy atom. The van der Waals surface area contributed by atoms with Gasteiger partial charge < -0.3 is 14.2 Å². The van der Waals surface area contributed by atoms with Crippen LogP contribution in [0, 0.1) is 0 Å². The van der Waals surface area contributed by atoms with Crippen molar-refractivity contribution in [3.63, 3.8) is 0 Å². The molecule has 3 aromatic carbocycles. The molecule has 3 atom stereocenters. The summed E-state index contributed by atoms with van der Waals surface area (Å²) in [6, 6.07) is 24.4. The monoisotopic (exact) mass is 606 g/mol. The van der Waals surface area contributed by atoms with Gasteiger partial charge in [-0.2, -0.15) is 0 Å². The smallest absolute Gasteiger partial charge is 0.330 e. The Bertz CT molecular complexity index is 1550. The van der Waals surface area contributed by atoms with Gasteiger partial charge in [0.05, 0.1) is 0 Å². The van der Waals surface area contributed by atoms with Crippen molar-refractivity contribution in [2.24, 2.45) is 0 Å². The van der Waals surface area contributed by atoms with E-state index in [0.29, 0.717) is 0 Å². The minimum absolute atomic E-state index is 0.0721. The molecule has 0 spiro atoms. The van der Waals surface area contributed by atoms with Crippen LogP contribution in [0.4, 0.5) is 0 Å². The Morgan fingerprint density at radius 3 is 1.62 bits per heavy atom. The van der Waals surface area contributed by atoms with Gasteiger partial charge in [0, 0.05) is 18.2 Å². The van der Waals surface area contributed by atoms with Gasteiger partial charge in [-0.25, -0.2) is 14.4 Å². The molecule has 0 amide bonds. The Balaban J connectivity index is 0.000000154. The second-order valence-electron chi connectivity index (χ2n) is 11.9. The highest BCUT2D eigenvalue weighted by Gasteiger charge is 2.38. The van der Waals surface area contributed by atoms with Crippen LogP contribution in [0.3, 0.4) is 0 Å². The molecule has 6 nitrogen and oxygen atoms in total. The van der Waals surface area contributed by atoms with Crippen molar-refractivity contribution in [2.45, 2.75) is 76.1 Å². The molecule has 3 aliphatic carbocycles. The van der Waals surface area contributed by atoms with E-state index in [4.69, 9.17) is 14.2 Å². The van der Waals surface area contributed by atoms with Gasteiger partial charge in [-0.1, -0.05) is 106 Å². The molecule has 0 saturated heterocycles. The predicted molar refractivity (Wildman–Crippen MR) is 175 cm³/mol. The number of carbonyl (C=O) groups excluding carboxylic acids is 3. The molecule has 0 fully saturated rings. The molecule has 3 aromatic rings. The third kappa shape index (κ3) is 8.48. The van der Waals surface area contributed by atoms with Gasteiger partial charge in [0.15, 0.2) is 0 Å². The molecular formula is C39H42O6. The molecule has 0 saturated carbocycles. The minimum Gasteiger partial charge on any atom is -0.454 e. The van der Waals surface area contributed by atoms with E-state index < -0.39 is 0 Å². The second kappa shape index (κ2) is 15.3. The van der Waals surface area contributed by atoms with E-state index in [1.165, 1.54) is 34.9 Å². The molecule has 0 radical (unpaired) electrons. The van der Waals surface area contributed by atoms with E-state index in [2.05, 4.69) is 51.8 Å². The highest BCUT2D eigenvalue weighted by atomic mass is 16.6. The summed E-state index contributed by atoms with van der Waals surface area (Å²) in [5, 5.41) is 0. The molecule has 0 aromatic heterocycles. The highest BCUT2D eigenvalue weighted by Crippen LogP contribution is 2.46. The standard InChI is InChI=1S/C14H16O2.C13H14O2.C12H12O2/c1-4-13(15)16-12-9-14(2,3)11-8-6-5-7-10(11)12;1-2-13(14)15-12-9-5-7-10-6-3-4-8-11(10)12;1-2-12(13)14-11-8-7-9-5-3-4-6-10(9)11/h4-8,12H,1,9H2,2-3H3;2-4,6,8,12H,1,5,7,9H2;2-6,11H,1,7-8H2. The van der Waals surface area contributed by atoms with Crippen LogP contribution in [0.2, 0.25) is 0 Å². The zero-order chi connectivity index (χ0) is 32.4. The van der Waals surface area contributed by atoms with Crippen LogP contribution in [0.25, 0.3) is 0 Å². The number of hydrogen-bond acceptors (Lipinski definition) is 6. The van der Waals surface area contributed by atoms with Gasteiger partial charge in [-0.05, 0) is 77.3 Å². The first-order valence-electron chi connectivity index (χ1n) is 15.4. The van der Waals surface area contributed by atoms with Crippen molar-refractivity contribution in [1.29, 1.82) is 0 Å². The minimum atomic E-state index is -0.350. The average molecular weight is 607 g/mol. The third-order valence-corrected chi connectivity index (χ3v) is 8.40. The topological polar surface area (TPSA) is 78.9 Å². The number of esters is 3. The Morgan fingerprint density at radius 1 is 0.622 bits per heavy atom. The highest BCUT2D eigenvalue weighted by molar-refractivity contribution is 5.82. The summed E-state index contributed by atoms with van der Waals surface area (Å²) in [6.45, 7) is 14.6. The van der Waals surface area contributed by atoms with Gasteiger partial charge in [0.2, 0.25) is 0 Å². The lowest BCUT2D eigenvalue weighted by molar-refractivity contribution is -0.144. The molecule has 6 heteroatoms. The summed E-state index contributed by atoms with van der Waals surface area (Å²) in [4.78, 5) is 33.4. The zero-order valence-electron chi connectivity index (χ0n) is 26.2. The largest absolute Gasteiger partial charge is 0.454 e. The van der Waals surface area contributed by atoms with Gasteiger partial charge in [0.1, 0.15) is 18.3 Å². The summed E-state index contributed by atoms with van der Waals surface area (Å²) >= 11 is 0. The number of hydrogen-bond donors (Lipinski definition) is 0. The van der Waals surface area contributed by atoms with Crippen molar-refractivity contribution in [2.75, 3.05) is 0 Å². The van der Waals surface area contributed by atoms with Crippen molar-refractivity contribution in [3.8, 4) is 0 Å². The Hall–Kier alpha value is -4.71. The van der Waals surface area contributed by atoms with Crippen LogP contribution < -0.4 is 0 Å². The lowest BCUT2D eigenvalue weighted by Gasteiger charge is -2.24. The maximum absolute atomic E-state index is 11.2. The maximum atomic E-state index is 11.2. The van der Waals surface area contributed by atoms with Crippen LogP contribution in [-0.2, 0) is 46.9 Å². The fourth-order valence-electron chi connectivity index (χ4n) is 6.22. The van der Waals surface area contributed by atoms with Crippen molar-refractivity contribution < 1.29 is 28.6 Å². The van der Waals surface area contributed by atoms with Crippen LogP contribution >= 0.6 is 0 Å². The van der Waals surface area contributed by atoms with Crippen LogP contribution in [-0.4, -0.2) is 17.9 Å². The summed E-state index contributed by atoms with van der Waals surface area (Å²) in [5.74, 6) is -1.03. The van der Waals surface area contributed by atoms with E-state index in [0.717, 1.165) is 55.2 Å². The quantitative estimate of drug-likeness (QED) is 0.159. The second-order valence-corrected chi connectivity index (χ2v) is 11.9. The van der Waals surface area contributed by atoms with Crippen LogP contribution in [0.15, 0.2) is 111 Å². The van der Waals surface area contributed by atoms with Crippen molar-refractivity contribution >= 4 is 17.9 Å². The summed E-state index contributed by atoms with van der Waals surface area (Å²) < 4.78 is 15.9. The number of fused-ring (bicyclic) bond motifs is 3. The summed E-state index contributed by atoms with van der Waals surface area (Å²) in [6.07, 6.45) is 9.15. The number of benzene rings is 3. The van der Waals surface area contributed by atoms with Gasteiger partial charge in [-0.3, -0.25) is 0 Å². The SMILES string of the molecule is C=CC(=O)OC1CC(C)(C)c2ccccc21.C=CC(=O)OC1CCCc2ccccc21.C=CC(=O)OC1CCc2ccccc21. The first kappa shape index (κ1) is 33.2. The lowest BCUT2D eigenvalue weighted by atomic mass is 9.87. The summed E-state index contributed by atoms with van der Waals surface area (Å²) in [7, 11) is 0. The summed E-state index contributed by atoms with van der Waals surface area (Å²) in [5.41, 5.74) is 7.35. The molecular weight excluding hydrogens is 564 g/mol. The molecule has 234 valence electrons. The fourth-order valence-corrected chi connectivity index (χ4v) is 6.22. The van der Waals surface area contributed by atoms with Gasteiger partial charge >= 0.3 is 17.9 Å². The maximum Gasteiger partial charge on any atom is 0.330 e. The first-order valence-corrected chi connectivity index (χ1v) is 15.4. The van der Waals surface area contributed by atoms with E-state index in [1.54, 1.807) is 0 Å². The van der Waals surface area contributed by atoms with Crippen molar-refractivity contribution in [1.82, 2.24) is 0 Å². The zero-order valence-corrected chi connectivity index (χ0v) is 26.2. The molecule has 0 aliphatic heterocycles. The molecule has 3 aliphatic rings. The fraction of sp³-hybridized carbons (Fsp3) is 0.308. The molecule has 45 heavy (non-hydrogen) atoms. The van der Waals surface area contributed by atoms with E-state index in [1.807, 2.05) is 54.6 Å². The average Bonchev–Trinajstić information content (AvgIpc) is 3.58. The van der Waals surface area contributed by atoms with Crippen LogP contribution in [0.1, 0.15) is 91.2 Å². The molecule has 0 heterocycles. The predicted octanol–water partition coefficient (Wildman–Crippen LogP) is 8.33. The van der Waals surface area contributed by atoms with Crippen molar-refractivity contribution in [3.05, 3.63) is 144 Å². The third-order valence-electron chi connectivity index (χ3n) is 8.40. The van der Waals surface area contributed by atoms with Crippen LogP contribution in [0.5, 0.6) is 0 Å². The number of aryl methyl sites for hydroxylation is 2. The van der Waals surface area contributed by atoms with E-state index >= 15 is 0 Å². The number of rotatable bonds is 6. The Kier molecular flexibility index (Phi) is 11.3. The molecule has 0 N–H and O–H groups in total. The van der Waals surface area contributed by atoms with Gasteiger partial charge in [0.25, 0.3) is 0 Å².